The van der Waals surface area contributed by atoms with Gasteiger partial charge in [0.2, 0.25) is 0 Å². The molecule has 2 N–H and O–H groups in total. The second kappa shape index (κ2) is 9.98. The molecule has 0 atom stereocenters. The largest absolute Gasteiger partial charge is 0.482 e. The Balaban J connectivity index is 1.64. The van der Waals surface area contributed by atoms with Crippen LogP contribution in [0.25, 0.3) is 10.9 Å². The average molecular weight is 447 g/mol. The predicted octanol–water partition coefficient (Wildman–Crippen LogP) is 4.84. The van der Waals surface area contributed by atoms with E-state index in [-0.39, 0.29) is 12.5 Å². The Morgan fingerprint density at radius 3 is 2.67 bits per heavy atom. The summed E-state index contributed by atoms with van der Waals surface area (Å²) < 4.78 is 5.48. The number of amides is 1. The van der Waals surface area contributed by atoms with Gasteiger partial charge in [-0.1, -0.05) is 23.2 Å². The van der Waals surface area contributed by atoms with Gasteiger partial charge >= 0.3 is 0 Å². The minimum atomic E-state index is -0.284. The molecule has 0 aliphatic carbocycles. The van der Waals surface area contributed by atoms with E-state index in [9.17, 15) is 4.79 Å². The van der Waals surface area contributed by atoms with Crippen molar-refractivity contribution in [1.29, 1.82) is 0 Å². The number of hydrogen-bond donors (Lipinski definition) is 2. The standard InChI is InChI=1S/C22H24Cl2N4O2/c1-14-10-21(25-8-9-28(2)3)27-19-6-5-16(12-17(14)19)26-22(29)13-30-20-7-4-15(23)11-18(20)24/h4-7,10-12H,8-9,13H2,1-3H3,(H,25,27)(H,26,29). The van der Waals surface area contributed by atoms with Crippen molar-refractivity contribution in [2.75, 3.05) is 44.4 Å². The zero-order valence-corrected chi connectivity index (χ0v) is 18.6. The molecule has 0 unspecified atom stereocenters. The Kier molecular flexibility index (Phi) is 7.37. The molecule has 1 amide bonds. The molecule has 0 aliphatic rings. The predicted molar refractivity (Wildman–Crippen MR) is 124 cm³/mol. The Hall–Kier alpha value is -2.54. The van der Waals surface area contributed by atoms with E-state index in [0.29, 0.717) is 21.5 Å². The molecule has 0 bridgehead atoms. The van der Waals surface area contributed by atoms with Crippen LogP contribution in [0, 0.1) is 6.92 Å². The molecule has 0 fully saturated rings. The van der Waals surface area contributed by atoms with Gasteiger partial charge in [0.15, 0.2) is 6.61 Å². The van der Waals surface area contributed by atoms with Crippen molar-refractivity contribution in [1.82, 2.24) is 9.88 Å². The second-order valence-corrected chi connectivity index (χ2v) is 8.04. The zero-order chi connectivity index (χ0) is 21.7. The summed E-state index contributed by atoms with van der Waals surface area (Å²) in [7, 11) is 4.07. The van der Waals surface area contributed by atoms with E-state index in [1.165, 1.54) is 0 Å². The lowest BCUT2D eigenvalue weighted by molar-refractivity contribution is -0.118. The van der Waals surface area contributed by atoms with Gasteiger partial charge < -0.3 is 20.3 Å². The van der Waals surface area contributed by atoms with Gasteiger partial charge in [-0.3, -0.25) is 4.79 Å². The molecule has 6 nitrogen and oxygen atoms in total. The first-order chi connectivity index (χ1) is 14.3. The highest BCUT2D eigenvalue weighted by molar-refractivity contribution is 6.35. The van der Waals surface area contributed by atoms with Crippen LogP contribution < -0.4 is 15.4 Å². The SMILES string of the molecule is Cc1cc(NCCN(C)C)nc2ccc(NC(=O)COc3ccc(Cl)cc3Cl)cc12. The molecular formula is C22H24Cl2N4O2. The first kappa shape index (κ1) is 22.2. The monoisotopic (exact) mass is 446 g/mol. The molecule has 3 rings (SSSR count). The number of hydrogen-bond acceptors (Lipinski definition) is 5. The fraction of sp³-hybridized carbons (Fsp3) is 0.273. The summed E-state index contributed by atoms with van der Waals surface area (Å²) in [6.07, 6.45) is 0. The maximum Gasteiger partial charge on any atom is 0.262 e. The third-order valence-electron chi connectivity index (χ3n) is 4.42. The highest BCUT2D eigenvalue weighted by atomic mass is 35.5. The molecule has 0 aliphatic heterocycles. The molecule has 0 saturated heterocycles. The van der Waals surface area contributed by atoms with Crippen molar-refractivity contribution in [3.8, 4) is 5.75 Å². The molecule has 0 saturated carbocycles. The lowest BCUT2D eigenvalue weighted by atomic mass is 10.1. The third-order valence-corrected chi connectivity index (χ3v) is 4.95. The molecule has 0 spiro atoms. The molecule has 1 aromatic heterocycles. The van der Waals surface area contributed by atoms with Gasteiger partial charge in [0.1, 0.15) is 11.6 Å². The number of aromatic nitrogens is 1. The Labute approximate surface area is 186 Å². The van der Waals surface area contributed by atoms with Crippen molar-refractivity contribution in [3.63, 3.8) is 0 Å². The molecular weight excluding hydrogens is 423 g/mol. The van der Waals surface area contributed by atoms with Crippen LogP contribution in [0.4, 0.5) is 11.5 Å². The smallest absolute Gasteiger partial charge is 0.262 e. The number of anilines is 2. The number of benzene rings is 2. The van der Waals surface area contributed by atoms with Crippen molar-refractivity contribution < 1.29 is 9.53 Å². The van der Waals surface area contributed by atoms with Crippen LogP contribution in [-0.2, 0) is 4.79 Å². The van der Waals surface area contributed by atoms with Gasteiger partial charge in [-0.15, -0.1) is 0 Å². The van der Waals surface area contributed by atoms with Crippen molar-refractivity contribution >= 4 is 51.5 Å². The molecule has 8 heteroatoms. The molecule has 158 valence electrons. The summed E-state index contributed by atoms with van der Waals surface area (Å²) in [6, 6.07) is 12.5. The summed E-state index contributed by atoms with van der Waals surface area (Å²) in [5.74, 6) is 0.962. The van der Waals surface area contributed by atoms with Crippen LogP contribution in [0.5, 0.6) is 5.75 Å². The van der Waals surface area contributed by atoms with Gasteiger partial charge in [0.05, 0.1) is 10.5 Å². The highest BCUT2D eigenvalue weighted by Crippen LogP contribution is 2.27. The summed E-state index contributed by atoms with van der Waals surface area (Å²) in [4.78, 5) is 19.0. The van der Waals surface area contributed by atoms with E-state index < -0.39 is 0 Å². The van der Waals surface area contributed by atoms with E-state index in [1.807, 2.05) is 45.3 Å². The normalized spacial score (nSPS) is 11.0. The van der Waals surface area contributed by atoms with Crippen molar-refractivity contribution in [2.24, 2.45) is 0 Å². The second-order valence-electron chi connectivity index (χ2n) is 7.20. The lowest BCUT2D eigenvalue weighted by Gasteiger charge is -2.13. The summed E-state index contributed by atoms with van der Waals surface area (Å²) in [6.45, 7) is 3.60. The van der Waals surface area contributed by atoms with Gasteiger partial charge in [0, 0.05) is 29.2 Å². The van der Waals surface area contributed by atoms with Gasteiger partial charge in [-0.05, 0) is 69.0 Å². The fourth-order valence-electron chi connectivity index (χ4n) is 2.90. The average Bonchev–Trinajstić information content (AvgIpc) is 2.67. The first-order valence-corrected chi connectivity index (χ1v) is 10.2. The minimum absolute atomic E-state index is 0.161. The highest BCUT2D eigenvalue weighted by Gasteiger charge is 2.09. The maximum atomic E-state index is 12.3. The number of carbonyl (C=O) groups excluding carboxylic acids is 1. The van der Waals surface area contributed by atoms with E-state index in [4.69, 9.17) is 27.9 Å². The number of aryl methyl sites for hydroxylation is 1. The summed E-state index contributed by atoms with van der Waals surface area (Å²) in [5.41, 5.74) is 2.62. The van der Waals surface area contributed by atoms with Crippen LogP contribution >= 0.6 is 23.2 Å². The van der Waals surface area contributed by atoms with Crippen LogP contribution in [-0.4, -0.2) is 49.6 Å². The number of pyridine rings is 1. The van der Waals surface area contributed by atoms with E-state index in [1.54, 1.807) is 18.2 Å². The molecule has 30 heavy (non-hydrogen) atoms. The molecule has 2 aromatic carbocycles. The van der Waals surface area contributed by atoms with Gasteiger partial charge in [-0.25, -0.2) is 4.98 Å². The van der Waals surface area contributed by atoms with Crippen LogP contribution in [0.3, 0.4) is 0 Å². The number of halogens is 2. The van der Waals surface area contributed by atoms with Crippen LogP contribution in [0.2, 0.25) is 10.0 Å². The summed E-state index contributed by atoms with van der Waals surface area (Å²) in [5, 5.41) is 8.03. The number of likely N-dealkylation sites (N-methyl/N-ethyl adjacent to an activating group) is 1. The number of nitrogens with one attached hydrogen (secondary N) is 2. The number of ether oxygens (including phenoxy) is 1. The van der Waals surface area contributed by atoms with Crippen molar-refractivity contribution in [3.05, 3.63) is 58.1 Å². The van der Waals surface area contributed by atoms with E-state index in [2.05, 4.69) is 20.5 Å². The molecule has 0 radical (unpaired) electrons. The number of fused-ring (bicyclic) bond motifs is 1. The van der Waals surface area contributed by atoms with Gasteiger partial charge in [-0.2, -0.15) is 0 Å². The zero-order valence-electron chi connectivity index (χ0n) is 17.1. The Bertz CT molecular complexity index is 1060. The van der Waals surface area contributed by atoms with Gasteiger partial charge in [0.25, 0.3) is 5.91 Å². The van der Waals surface area contributed by atoms with E-state index in [0.717, 1.165) is 35.4 Å². The number of rotatable bonds is 8. The number of carbonyl (C=O) groups is 1. The van der Waals surface area contributed by atoms with Crippen molar-refractivity contribution in [2.45, 2.75) is 6.92 Å². The third kappa shape index (κ3) is 5.98. The molecule has 3 aromatic rings. The first-order valence-electron chi connectivity index (χ1n) is 9.49. The van der Waals surface area contributed by atoms with E-state index >= 15 is 0 Å². The fourth-order valence-corrected chi connectivity index (χ4v) is 3.37. The Morgan fingerprint density at radius 2 is 1.93 bits per heavy atom. The quantitative estimate of drug-likeness (QED) is 0.517. The summed E-state index contributed by atoms with van der Waals surface area (Å²) >= 11 is 11.9. The molecule has 1 heterocycles. The Morgan fingerprint density at radius 1 is 1.13 bits per heavy atom. The lowest BCUT2D eigenvalue weighted by Crippen LogP contribution is -2.21. The topological polar surface area (TPSA) is 66.5 Å². The number of nitrogens with zero attached hydrogens (tertiary/aromatic N) is 2. The van der Waals surface area contributed by atoms with Crippen LogP contribution in [0.1, 0.15) is 5.56 Å². The minimum Gasteiger partial charge on any atom is -0.482 e. The maximum absolute atomic E-state index is 12.3. The van der Waals surface area contributed by atoms with Crippen LogP contribution in [0.15, 0.2) is 42.5 Å².